The smallest absolute Gasteiger partial charge is 0.0633 e. The fourth-order valence-electron chi connectivity index (χ4n) is 0.821. The number of hydrogen-bond acceptors (Lipinski definition) is 2. The van der Waals surface area contributed by atoms with E-state index in [1.165, 1.54) is 12.8 Å². The van der Waals surface area contributed by atoms with Crippen molar-refractivity contribution in [2.45, 2.75) is 45.7 Å². The molecule has 0 heterocycles. The first-order chi connectivity index (χ1) is 4.48. The summed E-state index contributed by atoms with van der Waals surface area (Å²) in [5, 5.41) is 0. The molecule has 0 saturated carbocycles. The van der Waals surface area contributed by atoms with Crippen molar-refractivity contribution in [1.82, 2.24) is 0 Å². The van der Waals surface area contributed by atoms with Gasteiger partial charge < -0.3 is 11.5 Å². The number of hydrogen-bond donors (Lipinski definition) is 2. The molecule has 0 aromatic rings. The molecule has 0 rings (SSSR count). The fourth-order valence-corrected chi connectivity index (χ4v) is 0.821. The summed E-state index contributed by atoms with van der Waals surface area (Å²) in [6, 6.07) is 0. The minimum absolute atomic E-state index is 0. The molecule has 0 spiro atoms. The van der Waals surface area contributed by atoms with Crippen LogP contribution >= 0.6 is 17.0 Å². The van der Waals surface area contributed by atoms with Crippen LogP contribution in [0.25, 0.3) is 0 Å². The Kier molecular flexibility index (Phi) is 7.58. The number of halogens is 1. The quantitative estimate of drug-likeness (QED) is 0.719. The lowest BCUT2D eigenvalue weighted by atomic mass is 9.93. The van der Waals surface area contributed by atoms with Gasteiger partial charge in [0.15, 0.2) is 0 Å². The first-order valence-corrected chi connectivity index (χ1v) is 4.06. The summed E-state index contributed by atoms with van der Waals surface area (Å²) in [7, 11) is 0. The topological polar surface area (TPSA) is 52.0 Å². The number of nitrogens with two attached hydrogens (primary N) is 2. The lowest BCUT2D eigenvalue weighted by molar-refractivity contribution is 0.303. The van der Waals surface area contributed by atoms with Crippen molar-refractivity contribution >= 4 is 17.0 Å². The molecule has 0 aliphatic heterocycles. The average molecular weight is 225 g/mol. The molecule has 0 aromatic heterocycles. The maximum atomic E-state index is 5.70. The van der Waals surface area contributed by atoms with Crippen LogP contribution in [0.5, 0.6) is 0 Å². The highest BCUT2D eigenvalue weighted by Crippen LogP contribution is 2.14. The molecule has 3 heteroatoms. The van der Waals surface area contributed by atoms with E-state index in [1.807, 2.05) is 6.92 Å². The predicted molar refractivity (Wildman–Crippen MR) is 55.8 cm³/mol. The summed E-state index contributed by atoms with van der Waals surface area (Å²) in [5.41, 5.74) is 10.9. The third-order valence-corrected chi connectivity index (χ3v) is 2.05. The van der Waals surface area contributed by atoms with Gasteiger partial charge in [-0.1, -0.05) is 26.7 Å². The molecule has 70 valence electrons. The van der Waals surface area contributed by atoms with E-state index in [2.05, 4.69) is 13.8 Å². The maximum Gasteiger partial charge on any atom is 0.0633 e. The highest BCUT2D eigenvalue weighted by atomic mass is 79.9. The molecule has 0 bridgehead atoms. The van der Waals surface area contributed by atoms with Crippen molar-refractivity contribution < 1.29 is 0 Å². The average Bonchev–Trinajstić information content (AvgIpc) is 1.80. The van der Waals surface area contributed by atoms with Crippen LogP contribution in [0.1, 0.15) is 40.0 Å². The molecule has 0 radical (unpaired) electrons. The highest BCUT2D eigenvalue weighted by Gasteiger charge is 2.19. The molecule has 0 amide bonds. The minimum atomic E-state index is -0.491. The van der Waals surface area contributed by atoms with Crippen molar-refractivity contribution in [2.24, 2.45) is 17.4 Å². The Morgan fingerprint density at radius 3 is 2.09 bits per heavy atom. The van der Waals surface area contributed by atoms with Crippen LogP contribution in [-0.2, 0) is 0 Å². The minimum Gasteiger partial charge on any atom is -0.314 e. The second-order valence-corrected chi connectivity index (χ2v) is 3.41. The Balaban J connectivity index is 0. The van der Waals surface area contributed by atoms with Crippen LogP contribution in [-0.4, -0.2) is 5.66 Å². The van der Waals surface area contributed by atoms with Crippen LogP contribution in [0.4, 0.5) is 0 Å². The molecule has 0 aliphatic carbocycles. The first-order valence-electron chi connectivity index (χ1n) is 4.06. The summed E-state index contributed by atoms with van der Waals surface area (Å²) in [4.78, 5) is 0. The van der Waals surface area contributed by atoms with Gasteiger partial charge in [-0.05, 0) is 19.3 Å². The van der Waals surface area contributed by atoms with Gasteiger partial charge in [0.25, 0.3) is 0 Å². The molecule has 0 aliphatic rings. The van der Waals surface area contributed by atoms with Crippen molar-refractivity contribution in [1.29, 1.82) is 0 Å². The SMILES string of the molecule is Br.CCCCC(C)C(C)(N)N. The van der Waals surface area contributed by atoms with Gasteiger partial charge >= 0.3 is 0 Å². The van der Waals surface area contributed by atoms with Crippen molar-refractivity contribution in [3.63, 3.8) is 0 Å². The van der Waals surface area contributed by atoms with Gasteiger partial charge in [0, 0.05) is 0 Å². The van der Waals surface area contributed by atoms with Crippen LogP contribution in [0.3, 0.4) is 0 Å². The Bertz CT molecular complexity index is 88.6. The molecule has 0 saturated heterocycles. The van der Waals surface area contributed by atoms with Crippen molar-refractivity contribution in [3.05, 3.63) is 0 Å². The Labute approximate surface area is 80.5 Å². The molecule has 0 fully saturated rings. The Morgan fingerprint density at radius 1 is 1.36 bits per heavy atom. The normalized spacial score (nSPS) is 13.9. The van der Waals surface area contributed by atoms with Gasteiger partial charge in [-0.2, -0.15) is 0 Å². The Hall–Kier alpha value is 0.400. The van der Waals surface area contributed by atoms with E-state index >= 15 is 0 Å². The fraction of sp³-hybridized carbons (Fsp3) is 1.00. The molecular weight excluding hydrogens is 204 g/mol. The zero-order valence-corrected chi connectivity index (χ0v) is 9.47. The van der Waals surface area contributed by atoms with Crippen LogP contribution in [0.2, 0.25) is 0 Å². The van der Waals surface area contributed by atoms with E-state index in [1.54, 1.807) is 0 Å². The van der Waals surface area contributed by atoms with E-state index in [9.17, 15) is 0 Å². The second kappa shape index (κ2) is 5.98. The molecule has 1 atom stereocenters. The Morgan fingerprint density at radius 2 is 1.82 bits per heavy atom. The van der Waals surface area contributed by atoms with Crippen LogP contribution in [0, 0.1) is 5.92 Å². The highest BCUT2D eigenvalue weighted by molar-refractivity contribution is 8.93. The summed E-state index contributed by atoms with van der Waals surface area (Å²) in [6.45, 7) is 6.17. The zero-order chi connectivity index (χ0) is 8.20. The summed E-state index contributed by atoms with van der Waals surface area (Å²) in [6.07, 6.45) is 3.59. The van der Waals surface area contributed by atoms with E-state index in [0.717, 1.165) is 6.42 Å². The molecule has 1 unspecified atom stereocenters. The van der Waals surface area contributed by atoms with Crippen molar-refractivity contribution in [3.8, 4) is 0 Å². The van der Waals surface area contributed by atoms with Gasteiger partial charge in [-0.3, -0.25) is 0 Å². The molecule has 4 N–H and O–H groups in total. The standard InChI is InChI=1S/C8H20N2.BrH/c1-4-5-6-7(2)8(3,9)10;/h7H,4-6,9-10H2,1-3H3;1H. The zero-order valence-electron chi connectivity index (χ0n) is 7.76. The van der Waals surface area contributed by atoms with Gasteiger partial charge in [0.1, 0.15) is 0 Å². The van der Waals surface area contributed by atoms with Gasteiger partial charge in [-0.25, -0.2) is 0 Å². The number of rotatable bonds is 4. The van der Waals surface area contributed by atoms with Gasteiger partial charge in [-0.15, -0.1) is 17.0 Å². The molecule has 0 aromatic carbocycles. The molecular formula is C8H21BrN2. The van der Waals surface area contributed by atoms with Crippen LogP contribution in [0.15, 0.2) is 0 Å². The third kappa shape index (κ3) is 6.78. The summed E-state index contributed by atoms with van der Waals surface area (Å²) >= 11 is 0. The second-order valence-electron chi connectivity index (χ2n) is 3.41. The molecule has 11 heavy (non-hydrogen) atoms. The summed E-state index contributed by atoms with van der Waals surface area (Å²) in [5.74, 6) is 0.424. The van der Waals surface area contributed by atoms with Crippen LogP contribution < -0.4 is 11.5 Å². The summed E-state index contributed by atoms with van der Waals surface area (Å²) < 4.78 is 0. The number of unbranched alkanes of at least 4 members (excludes halogenated alkanes) is 1. The predicted octanol–water partition coefficient (Wildman–Crippen LogP) is 2.02. The van der Waals surface area contributed by atoms with Crippen molar-refractivity contribution in [2.75, 3.05) is 0 Å². The lowest BCUT2D eigenvalue weighted by Gasteiger charge is -2.26. The lowest BCUT2D eigenvalue weighted by Crippen LogP contribution is -2.51. The van der Waals surface area contributed by atoms with E-state index in [-0.39, 0.29) is 17.0 Å². The van der Waals surface area contributed by atoms with Gasteiger partial charge in [0.05, 0.1) is 5.66 Å². The molecule has 2 nitrogen and oxygen atoms in total. The monoisotopic (exact) mass is 224 g/mol. The first kappa shape index (κ1) is 14.0. The van der Waals surface area contributed by atoms with Gasteiger partial charge in [0.2, 0.25) is 0 Å². The van der Waals surface area contributed by atoms with E-state index in [4.69, 9.17) is 11.5 Å². The van der Waals surface area contributed by atoms with E-state index < -0.39 is 5.66 Å². The third-order valence-electron chi connectivity index (χ3n) is 2.05. The largest absolute Gasteiger partial charge is 0.314 e. The van der Waals surface area contributed by atoms with E-state index in [0.29, 0.717) is 5.92 Å². The maximum absolute atomic E-state index is 5.70.